The van der Waals surface area contributed by atoms with E-state index in [1.54, 1.807) is 18.2 Å². The predicted octanol–water partition coefficient (Wildman–Crippen LogP) is 3.84. The van der Waals surface area contributed by atoms with Crippen LogP contribution in [0.3, 0.4) is 0 Å². The van der Waals surface area contributed by atoms with Crippen molar-refractivity contribution >= 4 is 29.1 Å². The quantitative estimate of drug-likeness (QED) is 0.827. The number of nitrogens with zero attached hydrogens (tertiary/aromatic N) is 2. The molecule has 1 saturated heterocycles. The molecular formula is C18H15ClF2N2O2. The lowest BCUT2D eigenvalue weighted by Gasteiger charge is -2.28. The predicted molar refractivity (Wildman–Crippen MR) is 90.4 cm³/mol. The van der Waals surface area contributed by atoms with Crippen LogP contribution in [-0.2, 0) is 4.79 Å². The van der Waals surface area contributed by atoms with Crippen molar-refractivity contribution in [1.29, 1.82) is 0 Å². The summed E-state index contributed by atoms with van der Waals surface area (Å²) in [6.07, 6.45) is 1.08. The van der Waals surface area contributed by atoms with Crippen LogP contribution in [0.15, 0.2) is 42.5 Å². The minimum atomic E-state index is -0.954. The first-order chi connectivity index (χ1) is 12.0. The van der Waals surface area contributed by atoms with Crippen molar-refractivity contribution in [2.45, 2.75) is 12.8 Å². The second-order valence-corrected chi connectivity index (χ2v) is 6.15. The van der Waals surface area contributed by atoms with Crippen LogP contribution in [0.1, 0.15) is 23.2 Å². The first-order valence-electron chi connectivity index (χ1n) is 7.76. The van der Waals surface area contributed by atoms with E-state index < -0.39 is 23.1 Å². The van der Waals surface area contributed by atoms with Crippen LogP contribution in [-0.4, -0.2) is 29.9 Å². The molecule has 4 nitrogen and oxygen atoms in total. The first kappa shape index (κ1) is 17.4. The molecule has 1 heterocycles. The standard InChI is InChI=1S/C18H15ClF2N2O2/c19-12-4-1-5-13(10-12)23(11-22-9-3-8-16(22)24)18(25)17-14(20)6-2-7-15(17)21/h1-2,4-7,10H,3,8-9,11H2. The van der Waals surface area contributed by atoms with Crippen molar-refractivity contribution in [3.8, 4) is 0 Å². The number of hydrogen-bond donors (Lipinski definition) is 0. The highest BCUT2D eigenvalue weighted by Crippen LogP contribution is 2.25. The normalized spacial score (nSPS) is 14.0. The molecule has 0 N–H and O–H groups in total. The van der Waals surface area contributed by atoms with Gasteiger partial charge >= 0.3 is 0 Å². The number of benzene rings is 2. The minimum Gasteiger partial charge on any atom is -0.324 e. The molecule has 0 bridgehead atoms. The Balaban J connectivity index is 2.01. The molecule has 1 aliphatic rings. The molecule has 0 aliphatic carbocycles. The summed E-state index contributed by atoms with van der Waals surface area (Å²) < 4.78 is 28.1. The van der Waals surface area contributed by atoms with Gasteiger partial charge in [0.1, 0.15) is 23.9 Å². The monoisotopic (exact) mass is 364 g/mol. The summed E-state index contributed by atoms with van der Waals surface area (Å²) in [6.45, 7) is 0.398. The summed E-state index contributed by atoms with van der Waals surface area (Å²) in [6, 6.07) is 9.60. The lowest BCUT2D eigenvalue weighted by Crippen LogP contribution is -2.43. The molecule has 1 fully saturated rings. The number of hydrogen-bond acceptors (Lipinski definition) is 2. The van der Waals surface area contributed by atoms with Crippen molar-refractivity contribution in [3.05, 3.63) is 64.7 Å². The summed E-state index contributed by atoms with van der Waals surface area (Å²) >= 11 is 5.98. The summed E-state index contributed by atoms with van der Waals surface area (Å²) in [5.74, 6) is -2.87. The van der Waals surface area contributed by atoms with Gasteiger partial charge in [-0.3, -0.25) is 14.5 Å². The van der Waals surface area contributed by atoms with E-state index in [9.17, 15) is 18.4 Å². The third kappa shape index (κ3) is 3.64. The highest BCUT2D eigenvalue weighted by molar-refractivity contribution is 6.31. The molecule has 130 valence electrons. The Morgan fingerprint density at radius 1 is 1.16 bits per heavy atom. The van der Waals surface area contributed by atoms with Gasteiger partial charge < -0.3 is 4.90 Å². The zero-order chi connectivity index (χ0) is 18.0. The number of rotatable bonds is 4. The Morgan fingerprint density at radius 3 is 2.44 bits per heavy atom. The molecule has 0 atom stereocenters. The van der Waals surface area contributed by atoms with Gasteiger partial charge in [-0.1, -0.05) is 23.7 Å². The Morgan fingerprint density at radius 2 is 1.84 bits per heavy atom. The lowest BCUT2D eigenvalue weighted by molar-refractivity contribution is -0.127. The minimum absolute atomic E-state index is 0.0915. The van der Waals surface area contributed by atoms with E-state index in [4.69, 9.17) is 11.6 Å². The molecule has 0 spiro atoms. The molecule has 25 heavy (non-hydrogen) atoms. The van der Waals surface area contributed by atoms with Crippen LogP contribution in [0.2, 0.25) is 5.02 Å². The van der Waals surface area contributed by atoms with Crippen molar-refractivity contribution < 1.29 is 18.4 Å². The lowest BCUT2D eigenvalue weighted by atomic mass is 10.1. The van der Waals surface area contributed by atoms with E-state index in [1.807, 2.05) is 0 Å². The fraction of sp³-hybridized carbons (Fsp3) is 0.222. The number of amides is 2. The third-order valence-corrected chi connectivity index (χ3v) is 4.26. The van der Waals surface area contributed by atoms with Crippen LogP contribution >= 0.6 is 11.6 Å². The Kier molecular flexibility index (Phi) is 4.99. The van der Waals surface area contributed by atoms with E-state index in [-0.39, 0.29) is 12.6 Å². The topological polar surface area (TPSA) is 40.6 Å². The van der Waals surface area contributed by atoms with Crippen molar-refractivity contribution in [2.24, 2.45) is 0 Å². The molecule has 3 rings (SSSR count). The highest BCUT2D eigenvalue weighted by atomic mass is 35.5. The van der Waals surface area contributed by atoms with Crippen LogP contribution in [0.25, 0.3) is 0 Å². The second kappa shape index (κ2) is 7.19. The molecule has 2 aromatic rings. The zero-order valence-electron chi connectivity index (χ0n) is 13.2. The van der Waals surface area contributed by atoms with Gasteiger partial charge in [0.15, 0.2) is 0 Å². The zero-order valence-corrected chi connectivity index (χ0v) is 14.0. The summed E-state index contributed by atoms with van der Waals surface area (Å²) in [4.78, 5) is 27.4. The van der Waals surface area contributed by atoms with Gasteiger partial charge in [-0.15, -0.1) is 0 Å². The second-order valence-electron chi connectivity index (χ2n) is 5.71. The first-order valence-corrected chi connectivity index (χ1v) is 8.14. The molecule has 1 aliphatic heterocycles. The number of carbonyl (C=O) groups is 2. The van der Waals surface area contributed by atoms with Crippen molar-refractivity contribution in [3.63, 3.8) is 0 Å². The van der Waals surface area contributed by atoms with Crippen LogP contribution in [0.4, 0.5) is 14.5 Å². The SMILES string of the molecule is O=C1CCCN1CN(C(=O)c1c(F)cccc1F)c1cccc(Cl)c1. The molecule has 0 aromatic heterocycles. The molecule has 2 amide bonds. The number of carbonyl (C=O) groups excluding carboxylic acids is 2. The fourth-order valence-corrected chi connectivity index (χ4v) is 2.95. The number of likely N-dealkylation sites (tertiary alicyclic amines) is 1. The summed E-state index contributed by atoms with van der Waals surface area (Å²) in [7, 11) is 0. The van der Waals surface area contributed by atoms with Crippen LogP contribution in [0.5, 0.6) is 0 Å². The largest absolute Gasteiger partial charge is 0.324 e. The Bertz CT molecular complexity index is 808. The maximum atomic E-state index is 14.1. The van der Waals surface area contributed by atoms with Gasteiger partial charge in [-0.2, -0.15) is 0 Å². The van der Waals surface area contributed by atoms with Crippen LogP contribution < -0.4 is 4.90 Å². The average Bonchev–Trinajstić information content (AvgIpc) is 2.97. The van der Waals surface area contributed by atoms with Gasteiger partial charge in [-0.25, -0.2) is 8.78 Å². The van der Waals surface area contributed by atoms with E-state index in [0.29, 0.717) is 30.1 Å². The molecular weight excluding hydrogens is 350 g/mol. The van der Waals surface area contributed by atoms with Crippen LogP contribution in [0, 0.1) is 11.6 Å². The average molecular weight is 365 g/mol. The Labute approximate surface area is 148 Å². The number of anilines is 1. The summed E-state index contributed by atoms with van der Waals surface area (Å²) in [5, 5.41) is 0.372. The van der Waals surface area contributed by atoms with E-state index in [1.165, 1.54) is 17.0 Å². The molecule has 0 saturated carbocycles. The van der Waals surface area contributed by atoms with E-state index in [2.05, 4.69) is 0 Å². The van der Waals surface area contributed by atoms with Gasteiger partial charge in [0, 0.05) is 23.7 Å². The van der Waals surface area contributed by atoms with Crippen molar-refractivity contribution in [2.75, 3.05) is 18.1 Å². The van der Waals surface area contributed by atoms with Gasteiger partial charge in [0.2, 0.25) is 5.91 Å². The van der Waals surface area contributed by atoms with E-state index >= 15 is 0 Å². The van der Waals surface area contributed by atoms with E-state index in [0.717, 1.165) is 17.0 Å². The fourth-order valence-electron chi connectivity index (χ4n) is 2.77. The molecule has 0 radical (unpaired) electrons. The third-order valence-electron chi connectivity index (χ3n) is 4.03. The number of halogens is 3. The highest BCUT2D eigenvalue weighted by Gasteiger charge is 2.29. The van der Waals surface area contributed by atoms with Gasteiger partial charge in [0.05, 0.1) is 0 Å². The molecule has 2 aromatic carbocycles. The Hall–Kier alpha value is -2.47. The maximum Gasteiger partial charge on any atom is 0.265 e. The maximum absolute atomic E-state index is 14.1. The molecule has 7 heteroatoms. The van der Waals surface area contributed by atoms with Gasteiger partial charge in [-0.05, 0) is 36.8 Å². The van der Waals surface area contributed by atoms with Gasteiger partial charge in [0.25, 0.3) is 5.91 Å². The summed E-state index contributed by atoms with van der Waals surface area (Å²) in [5.41, 5.74) is -0.297. The smallest absolute Gasteiger partial charge is 0.265 e. The molecule has 0 unspecified atom stereocenters. The van der Waals surface area contributed by atoms with Crippen molar-refractivity contribution in [1.82, 2.24) is 4.90 Å².